The normalized spacial score (nSPS) is 33.5. The molecule has 1 saturated carbocycles. The lowest BCUT2D eigenvalue weighted by atomic mass is 9.86. The van der Waals surface area contributed by atoms with Crippen LogP contribution in [-0.2, 0) is 6.42 Å². The maximum Gasteiger partial charge on any atom is 0.315 e. The molecule has 1 aromatic carbocycles. The van der Waals surface area contributed by atoms with Gasteiger partial charge in [0.25, 0.3) is 0 Å². The Hall–Kier alpha value is -1.55. The van der Waals surface area contributed by atoms with E-state index in [0.717, 1.165) is 25.7 Å². The van der Waals surface area contributed by atoms with E-state index in [4.69, 9.17) is 0 Å². The minimum atomic E-state index is -0.184. The first kappa shape index (κ1) is 15.3. The predicted molar refractivity (Wildman–Crippen MR) is 86.6 cm³/mol. The summed E-state index contributed by atoms with van der Waals surface area (Å²) in [7, 11) is 0. The zero-order valence-electron chi connectivity index (χ0n) is 13.4. The summed E-state index contributed by atoms with van der Waals surface area (Å²) in [4.78, 5) is 12.4. The first-order chi connectivity index (χ1) is 10.5. The van der Waals surface area contributed by atoms with E-state index in [1.165, 1.54) is 11.1 Å². The van der Waals surface area contributed by atoms with Gasteiger partial charge in [-0.15, -0.1) is 0 Å². The van der Waals surface area contributed by atoms with Crippen LogP contribution < -0.4 is 10.6 Å². The van der Waals surface area contributed by atoms with Gasteiger partial charge in [-0.1, -0.05) is 44.5 Å². The summed E-state index contributed by atoms with van der Waals surface area (Å²) in [6.07, 6.45) is 3.99. The van der Waals surface area contributed by atoms with Crippen molar-refractivity contribution in [3.63, 3.8) is 0 Å². The van der Waals surface area contributed by atoms with Crippen molar-refractivity contribution in [1.29, 1.82) is 0 Å². The van der Waals surface area contributed by atoms with Crippen LogP contribution in [0.4, 0.5) is 4.79 Å². The van der Waals surface area contributed by atoms with E-state index >= 15 is 0 Å². The number of hydrogen-bond donors (Lipinski definition) is 3. The van der Waals surface area contributed by atoms with Crippen molar-refractivity contribution in [2.45, 2.75) is 51.6 Å². The lowest BCUT2D eigenvalue weighted by Gasteiger charge is -2.31. The second-order valence-electron chi connectivity index (χ2n) is 7.23. The molecule has 4 nitrogen and oxygen atoms in total. The zero-order chi connectivity index (χ0) is 15.7. The lowest BCUT2D eigenvalue weighted by molar-refractivity contribution is 0.120. The summed E-state index contributed by atoms with van der Waals surface area (Å²) in [6, 6.07) is 8.37. The van der Waals surface area contributed by atoms with Gasteiger partial charge in [0.2, 0.25) is 0 Å². The number of hydrogen-bond acceptors (Lipinski definition) is 2. The van der Waals surface area contributed by atoms with Crippen LogP contribution in [0.15, 0.2) is 24.3 Å². The van der Waals surface area contributed by atoms with Crippen molar-refractivity contribution < 1.29 is 9.90 Å². The third-order valence-corrected chi connectivity index (χ3v) is 5.54. The largest absolute Gasteiger partial charge is 0.396 e. The van der Waals surface area contributed by atoms with Gasteiger partial charge in [0, 0.05) is 11.5 Å². The van der Waals surface area contributed by atoms with Crippen LogP contribution in [0.25, 0.3) is 0 Å². The molecule has 0 saturated heterocycles. The van der Waals surface area contributed by atoms with Crippen molar-refractivity contribution in [2.75, 3.05) is 6.61 Å². The highest BCUT2D eigenvalue weighted by Gasteiger charge is 2.39. The minimum absolute atomic E-state index is 0.0597. The summed E-state index contributed by atoms with van der Waals surface area (Å²) >= 11 is 0. The molecule has 0 heterocycles. The first-order valence-corrected chi connectivity index (χ1v) is 8.29. The standard InChI is InChI=1S/C18H26N2O2/c1-12-10-13-6-3-4-7-14(13)16(12)20-17(22)19-15-8-5-9-18(15,2)11-21/h3-4,6-7,12,15-16,21H,5,8-11H2,1-2H3,(H2,19,20,22). The average Bonchev–Trinajstić information content (AvgIpc) is 3.01. The fourth-order valence-corrected chi connectivity index (χ4v) is 4.02. The van der Waals surface area contributed by atoms with Crippen LogP contribution in [0, 0.1) is 11.3 Å². The van der Waals surface area contributed by atoms with Crippen LogP contribution in [0.1, 0.15) is 50.3 Å². The molecule has 4 unspecified atom stereocenters. The highest BCUT2D eigenvalue weighted by Crippen LogP contribution is 2.38. The quantitative estimate of drug-likeness (QED) is 0.804. The van der Waals surface area contributed by atoms with Gasteiger partial charge in [0.05, 0.1) is 12.6 Å². The third kappa shape index (κ3) is 2.72. The molecule has 2 amide bonds. The molecule has 3 N–H and O–H groups in total. The molecule has 1 fully saturated rings. The monoisotopic (exact) mass is 302 g/mol. The number of aliphatic hydroxyl groups is 1. The van der Waals surface area contributed by atoms with Crippen molar-refractivity contribution in [2.24, 2.45) is 11.3 Å². The maximum absolute atomic E-state index is 12.4. The number of benzene rings is 1. The smallest absolute Gasteiger partial charge is 0.315 e. The molecule has 2 aliphatic carbocycles. The fraction of sp³-hybridized carbons (Fsp3) is 0.611. The molecular formula is C18H26N2O2. The zero-order valence-corrected chi connectivity index (χ0v) is 13.4. The highest BCUT2D eigenvalue weighted by molar-refractivity contribution is 5.75. The Morgan fingerprint density at radius 3 is 2.91 bits per heavy atom. The van der Waals surface area contributed by atoms with Crippen molar-refractivity contribution in [3.8, 4) is 0 Å². The minimum Gasteiger partial charge on any atom is -0.396 e. The lowest BCUT2D eigenvalue weighted by Crippen LogP contribution is -2.49. The number of carbonyl (C=O) groups excluding carboxylic acids is 1. The molecule has 2 aliphatic rings. The third-order valence-electron chi connectivity index (χ3n) is 5.54. The number of urea groups is 1. The molecule has 120 valence electrons. The second kappa shape index (κ2) is 5.92. The van der Waals surface area contributed by atoms with Gasteiger partial charge < -0.3 is 15.7 Å². The SMILES string of the molecule is CC1Cc2ccccc2C1NC(=O)NC1CCCC1(C)CO. The Morgan fingerprint density at radius 1 is 1.36 bits per heavy atom. The van der Waals surface area contributed by atoms with Gasteiger partial charge in [0.1, 0.15) is 0 Å². The van der Waals surface area contributed by atoms with E-state index in [-0.39, 0.29) is 30.1 Å². The van der Waals surface area contributed by atoms with E-state index in [1.54, 1.807) is 0 Å². The van der Waals surface area contributed by atoms with Gasteiger partial charge in [0.15, 0.2) is 0 Å². The number of aliphatic hydroxyl groups excluding tert-OH is 1. The molecule has 0 bridgehead atoms. The summed E-state index contributed by atoms with van der Waals surface area (Å²) in [5, 5.41) is 15.8. The molecule has 0 aromatic heterocycles. The predicted octanol–water partition coefficient (Wildman–Crippen LogP) is 2.77. The van der Waals surface area contributed by atoms with Crippen LogP contribution in [0.3, 0.4) is 0 Å². The van der Waals surface area contributed by atoms with Gasteiger partial charge in [-0.25, -0.2) is 4.79 Å². The van der Waals surface area contributed by atoms with Gasteiger partial charge in [-0.3, -0.25) is 0 Å². The van der Waals surface area contributed by atoms with E-state index in [1.807, 2.05) is 6.07 Å². The second-order valence-corrected chi connectivity index (χ2v) is 7.23. The van der Waals surface area contributed by atoms with Crippen molar-refractivity contribution in [3.05, 3.63) is 35.4 Å². The Morgan fingerprint density at radius 2 is 2.14 bits per heavy atom. The Balaban J connectivity index is 1.65. The van der Waals surface area contributed by atoms with Crippen LogP contribution >= 0.6 is 0 Å². The molecule has 4 atom stereocenters. The van der Waals surface area contributed by atoms with E-state index < -0.39 is 0 Å². The topological polar surface area (TPSA) is 61.4 Å². The Labute approximate surface area is 132 Å². The molecule has 0 spiro atoms. The average molecular weight is 302 g/mol. The van der Waals surface area contributed by atoms with Gasteiger partial charge in [-0.2, -0.15) is 0 Å². The van der Waals surface area contributed by atoms with Crippen LogP contribution in [0.2, 0.25) is 0 Å². The van der Waals surface area contributed by atoms with E-state index in [0.29, 0.717) is 5.92 Å². The number of nitrogens with one attached hydrogen (secondary N) is 2. The van der Waals surface area contributed by atoms with Gasteiger partial charge in [-0.05, 0) is 36.3 Å². The molecular weight excluding hydrogens is 276 g/mol. The fourth-order valence-electron chi connectivity index (χ4n) is 4.02. The number of carbonyl (C=O) groups is 1. The molecule has 1 aromatic rings. The molecule has 0 radical (unpaired) electrons. The summed E-state index contributed by atoms with van der Waals surface area (Å²) in [5.74, 6) is 0.413. The summed E-state index contributed by atoms with van der Waals surface area (Å²) in [6.45, 7) is 4.36. The highest BCUT2D eigenvalue weighted by atomic mass is 16.3. The van der Waals surface area contributed by atoms with E-state index in [9.17, 15) is 9.90 Å². The summed E-state index contributed by atoms with van der Waals surface area (Å²) in [5.41, 5.74) is 2.39. The van der Waals surface area contributed by atoms with Crippen molar-refractivity contribution in [1.82, 2.24) is 10.6 Å². The number of amides is 2. The molecule has 4 heteroatoms. The maximum atomic E-state index is 12.4. The van der Waals surface area contributed by atoms with Crippen LogP contribution in [-0.4, -0.2) is 23.8 Å². The molecule has 22 heavy (non-hydrogen) atoms. The molecule has 3 rings (SSSR count). The summed E-state index contributed by atoms with van der Waals surface area (Å²) < 4.78 is 0. The first-order valence-electron chi connectivity index (χ1n) is 8.29. The Kier molecular flexibility index (Phi) is 4.13. The molecule has 0 aliphatic heterocycles. The van der Waals surface area contributed by atoms with E-state index in [2.05, 4.69) is 42.7 Å². The number of fused-ring (bicyclic) bond motifs is 1. The Bertz CT molecular complexity index is 560. The number of rotatable bonds is 3. The van der Waals surface area contributed by atoms with Gasteiger partial charge >= 0.3 is 6.03 Å². The van der Waals surface area contributed by atoms with Crippen LogP contribution in [0.5, 0.6) is 0 Å². The van der Waals surface area contributed by atoms with Crippen molar-refractivity contribution >= 4 is 6.03 Å².